The summed E-state index contributed by atoms with van der Waals surface area (Å²) in [7, 11) is 0. The molecule has 0 spiro atoms. The Hall–Kier alpha value is -0.120. The van der Waals surface area contributed by atoms with Crippen molar-refractivity contribution in [2.24, 2.45) is 11.8 Å². The van der Waals surface area contributed by atoms with Gasteiger partial charge in [0.05, 0.1) is 18.3 Å². The summed E-state index contributed by atoms with van der Waals surface area (Å²) in [5.41, 5.74) is 0.196. The summed E-state index contributed by atoms with van der Waals surface area (Å²) in [5.74, 6) is 1.79. The zero-order valence-corrected chi connectivity index (χ0v) is 13.5. The number of hydrogen-bond donors (Lipinski definition) is 2. The molecule has 1 aliphatic carbocycles. The molecular weight excluding hydrogens is 240 g/mol. The van der Waals surface area contributed by atoms with Crippen LogP contribution < -0.4 is 0 Å². The molecule has 1 saturated carbocycles. The minimum atomic E-state index is -0.560. The summed E-state index contributed by atoms with van der Waals surface area (Å²) in [4.78, 5) is 0. The number of aliphatic hydroxyl groups excluding tert-OH is 2. The van der Waals surface area contributed by atoms with E-state index in [2.05, 4.69) is 27.7 Å². The van der Waals surface area contributed by atoms with Crippen LogP contribution in [0.5, 0.6) is 0 Å². The summed E-state index contributed by atoms with van der Waals surface area (Å²) in [6.07, 6.45) is 5.82. The van der Waals surface area contributed by atoms with Gasteiger partial charge < -0.3 is 14.9 Å². The first-order valence-electron chi connectivity index (χ1n) is 7.77. The maximum atomic E-state index is 8.11. The van der Waals surface area contributed by atoms with Crippen LogP contribution in [0.15, 0.2) is 0 Å². The predicted octanol–water partition coefficient (Wildman–Crippen LogP) is 3.38. The van der Waals surface area contributed by atoms with Crippen molar-refractivity contribution >= 4 is 0 Å². The lowest BCUT2D eigenvalue weighted by molar-refractivity contribution is -0.0675. The Kier molecular flexibility index (Phi) is 9.67. The zero-order valence-electron chi connectivity index (χ0n) is 13.5. The fraction of sp³-hybridized carbons (Fsp3) is 1.00. The van der Waals surface area contributed by atoms with Crippen LogP contribution in [0.3, 0.4) is 0 Å². The van der Waals surface area contributed by atoms with E-state index in [1.54, 1.807) is 0 Å². The normalized spacial score (nSPS) is 28.7. The maximum Gasteiger partial charge on any atom is 0.0742 e. The van der Waals surface area contributed by atoms with Crippen LogP contribution in [0, 0.1) is 11.8 Å². The van der Waals surface area contributed by atoms with Crippen LogP contribution in [0.4, 0.5) is 0 Å². The molecule has 19 heavy (non-hydrogen) atoms. The van der Waals surface area contributed by atoms with E-state index >= 15 is 0 Å². The van der Waals surface area contributed by atoms with Gasteiger partial charge in [-0.05, 0) is 57.8 Å². The molecule has 0 bridgehead atoms. The lowest BCUT2D eigenvalue weighted by Gasteiger charge is -2.38. The van der Waals surface area contributed by atoms with Gasteiger partial charge in [-0.1, -0.05) is 20.8 Å². The third-order valence-electron chi connectivity index (χ3n) is 3.95. The lowest BCUT2D eigenvalue weighted by atomic mass is 9.75. The molecule has 1 aliphatic rings. The molecule has 1 unspecified atom stereocenters. The van der Waals surface area contributed by atoms with Gasteiger partial charge in [-0.15, -0.1) is 0 Å². The quantitative estimate of drug-likeness (QED) is 0.808. The van der Waals surface area contributed by atoms with Gasteiger partial charge in [-0.3, -0.25) is 0 Å². The highest BCUT2D eigenvalue weighted by Crippen LogP contribution is 2.37. The highest BCUT2D eigenvalue weighted by atomic mass is 16.5. The standard InChI is InChI=1S/C13H26O.C3H8O2/c1-5-10-14-13(4)8-6-12(7-9-13)11(2)3;1-3(5)2-4/h11-12H,5-10H2,1-4H3;3-5H,2H2,1H3. The number of aliphatic hydroxyl groups is 2. The van der Waals surface area contributed by atoms with E-state index in [0.717, 1.165) is 24.9 Å². The van der Waals surface area contributed by atoms with Gasteiger partial charge in [0.2, 0.25) is 0 Å². The van der Waals surface area contributed by atoms with Crippen molar-refractivity contribution in [1.82, 2.24) is 0 Å². The van der Waals surface area contributed by atoms with Crippen molar-refractivity contribution in [1.29, 1.82) is 0 Å². The first-order chi connectivity index (χ1) is 8.84. The number of rotatable bonds is 5. The molecule has 0 heterocycles. The Morgan fingerprint density at radius 2 is 1.68 bits per heavy atom. The number of hydrogen-bond acceptors (Lipinski definition) is 3. The highest BCUT2D eigenvalue weighted by Gasteiger charge is 2.32. The Bertz CT molecular complexity index is 206. The second-order valence-electron chi connectivity index (χ2n) is 6.41. The largest absolute Gasteiger partial charge is 0.394 e. The van der Waals surface area contributed by atoms with E-state index < -0.39 is 6.10 Å². The van der Waals surface area contributed by atoms with E-state index in [1.807, 2.05) is 0 Å². The molecule has 0 aliphatic heterocycles. The van der Waals surface area contributed by atoms with Crippen LogP contribution in [-0.2, 0) is 4.74 Å². The first-order valence-corrected chi connectivity index (χ1v) is 7.77. The van der Waals surface area contributed by atoms with Crippen molar-refractivity contribution in [3.63, 3.8) is 0 Å². The first kappa shape index (κ1) is 18.9. The van der Waals surface area contributed by atoms with Gasteiger partial charge in [0.15, 0.2) is 0 Å². The highest BCUT2D eigenvalue weighted by molar-refractivity contribution is 4.84. The molecule has 0 amide bonds. The fourth-order valence-electron chi connectivity index (χ4n) is 2.41. The van der Waals surface area contributed by atoms with Crippen molar-refractivity contribution in [2.75, 3.05) is 13.2 Å². The van der Waals surface area contributed by atoms with Crippen LogP contribution in [0.1, 0.15) is 66.7 Å². The van der Waals surface area contributed by atoms with Gasteiger partial charge in [0.1, 0.15) is 0 Å². The van der Waals surface area contributed by atoms with Crippen molar-refractivity contribution in [3.05, 3.63) is 0 Å². The molecule has 3 heteroatoms. The average Bonchev–Trinajstić information content (AvgIpc) is 2.37. The molecule has 2 N–H and O–H groups in total. The van der Waals surface area contributed by atoms with E-state index in [-0.39, 0.29) is 12.2 Å². The summed E-state index contributed by atoms with van der Waals surface area (Å²) in [6, 6.07) is 0. The van der Waals surface area contributed by atoms with E-state index in [1.165, 1.54) is 32.6 Å². The lowest BCUT2D eigenvalue weighted by Crippen LogP contribution is -2.35. The van der Waals surface area contributed by atoms with Crippen LogP contribution in [0.25, 0.3) is 0 Å². The van der Waals surface area contributed by atoms with Crippen molar-refractivity contribution in [2.45, 2.75) is 78.4 Å². The fourth-order valence-corrected chi connectivity index (χ4v) is 2.41. The Labute approximate surface area is 119 Å². The second kappa shape index (κ2) is 9.73. The summed E-state index contributed by atoms with van der Waals surface area (Å²) >= 11 is 0. The zero-order chi connectivity index (χ0) is 14.9. The van der Waals surface area contributed by atoms with Gasteiger partial charge in [0, 0.05) is 6.61 Å². The predicted molar refractivity (Wildman–Crippen MR) is 80.2 cm³/mol. The smallest absolute Gasteiger partial charge is 0.0742 e. The minimum Gasteiger partial charge on any atom is -0.394 e. The van der Waals surface area contributed by atoms with E-state index in [9.17, 15) is 0 Å². The SMILES string of the molecule is CC(O)CO.CCCOC1(C)CCC(C(C)C)CC1. The summed E-state index contributed by atoms with van der Waals surface area (Å²) < 4.78 is 5.95. The summed E-state index contributed by atoms with van der Waals surface area (Å²) in [5, 5.41) is 16.0. The molecule has 0 aromatic heterocycles. The van der Waals surface area contributed by atoms with Crippen molar-refractivity contribution in [3.8, 4) is 0 Å². The van der Waals surface area contributed by atoms with Gasteiger partial charge >= 0.3 is 0 Å². The third kappa shape index (κ3) is 8.61. The minimum absolute atomic E-state index is 0.139. The molecule has 1 fully saturated rings. The van der Waals surface area contributed by atoms with Crippen LogP contribution in [0.2, 0.25) is 0 Å². The molecule has 1 rings (SSSR count). The third-order valence-corrected chi connectivity index (χ3v) is 3.95. The Morgan fingerprint density at radius 3 is 2.00 bits per heavy atom. The topological polar surface area (TPSA) is 49.7 Å². The average molecular weight is 274 g/mol. The number of ether oxygens (including phenoxy) is 1. The van der Waals surface area contributed by atoms with Crippen molar-refractivity contribution < 1.29 is 14.9 Å². The Balaban J connectivity index is 0.000000555. The summed E-state index contributed by atoms with van der Waals surface area (Å²) in [6.45, 7) is 11.5. The Morgan fingerprint density at radius 1 is 1.21 bits per heavy atom. The van der Waals surface area contributed by atoms with Gasteiger partial charge in [0.25, 0.3) is 0 Å². The van der Waals surface area contributed by atoms with Gasteiger partial charge in [-0.25, -0.2) is 0 Å². The van der Waals surface area contributed by atoms with Gasteiger partial charge in [-0.2, -0.15) is 0 Å². The monoisotopic (exact) mass is 274 g/mol. The van der Waals surface area contributed by atoms with E-state index in [0.29, 0.717) is 0 Å². The molecular formula is C16H34O3. The maximum absolute atomic E-state index is 8.11. The van der Waals surface area contributed by atoms with E-state index in [4.69, 9.17) is 14.9 Å². The van der Waals surface area contributed by atoms with Crippen LogP contribution in [-0.4, -0.2) is 35.1 Å². The van der Waals surface area contributed by atoms with Crippen LogP contribution >= 0.6 is 0 Å². The molecule has 0 aromatic carbocycles. The molecule has 1 atom stereocenters. The molecule has 116 valence electrons. The molecule has 0 radical (unpaired) electrons. The molecule has 0 saturated heterocycles. The second-order valence-corrected chi connectivity index (χ2v) is 6.41. The molecule has 3 nitrogen and oxygen atoms in total. The molecule has 0 aromatic rings.